The van der Waals surface area contributed by atoms with Gasteiger partial charge in [0.1, 0.15) is 0 Å². The predicted molar refractivity (Wildman–Crippen MR) is 65.7 cm³/mol. The molecule has 88 valence electrons. The van der Waals surface area contributed by atoms with Crippen molar-refractivity contribution in [1.82, 2.24) is 15.3 Å². The van der Waals surface area contributed by atoms with Crippen molar-refractivity contribution in [2.75, 3.05) is 39.3 Å². The fraction of sp³-hybridized carbons (Fsp3) is 0.833. The lowest BCUT2D eigenvalue weighted by Crippen LogP contribution is -2.52. The van der Waals surface area contributed by atoms with Gasteiger partial charge in [-0.15, -0.1) is 6.58 Å². The Bertz CT molecular complexity index is 162. The van der Waals surface area contributed by atoms with E-state index in [0.717, 1.165) is 19.6 Å². The van der Waals surface area contributed by atoms with Crippen LogP contribution in [-0.2, 0) is 0 Å². The van der Waals surface area contributed by atoms with Gasteiger partial charge in [0.05, 0.1) is 0 Å². The van der Waals surface area contributed by atoms with Gasteiger partial charge < -0.3 is 4.90 Å². The highest BCUT2D eigenvalue weighted by atomic mass is 15.5. The minimum atomic E-state index is 0.885. The number of hydrogen-bond acceptors (Lipinski definition) is 3. The van der Waals surface area contributed by atoms with Gasteiger partial charge >= 0.3 is 0 Å². The molecule has 0 aromatic heterocycles. The minimum absolute atomic E-state index is 0.885. The first kappa shape index (κ1) is 12.7. The van der Waals surface area contributed by atoms with E-state index in [4.69, 9.17) is 0 Å². The molecule has 1 saturated heterocycles. The van der Waals surface area contributed by atoms with Crippen molar-refractivity contribution in [1.29, 1.82) is 0 Å². The van der Waals surface area contributed by atoms with Gasteiger partial charge in [0.25, 0.3) is 0 Å². The van der Waals surface area contributed by atoms with Crippen LogP contribution in [0.3, 0.4) is 0 Å². The van der Waals surface area contributed by atoms with E-state index >= 15 is 0 Å². The maximum absolute atomic E-state index is 3.71. The number of rotatable bonds is 7. The van der Waals surface area contributed by atoms with Gasteiger partial charge in [0, 0.05) is 32.7 Å². The number of hydrogen-bond donors (Lipinski definition) is 1. The Hall–Kier alpha value is -0.380. The summed E-state index contributed by atoms with van der Waals surface area (Å²) in [5, 5.41) is 2.30. The van der Waals surface area contributed by atoms with Gasteiger partial charge in [0.2, 0.25) is 0 Å². The summed E-state index contributed by atoms with van der Waals surface area (Å²) in [5.74, 6) is 0. The van der Waals surface area contributed by atoms with Gasteiger partial charge in [-0.2, -0.15) is 0 Å². The fourth-order valence-corrected chi connectivity index (χ4v) is 1.91. The lowest BCUT2D eigenvalue weighted by atomic mass is 10.2. The predicted octanol–water partition coefficient (Wildman–Crippen LogP) is 1.48. The second-order valence-electron chi connectivity index (χ2n) is 4.19. The van der Waals surface area contributed by atoms with E-state index in [1.54, 1.807) is 0 Å². The molecular formula is C12H25N3. The molecular weight excluding hydrogens is 186 g/mol. The van der Waals surface area contributed by atoms with Gasteiger partial charge in [-0.3, -0.25) is 5.43 Å². The first-order chi connectivity index (χ1) is 7.36. The Morgan fingerprint density at radius 1 is 1.20 bits per heavy atom. The fourth-order valence-electron chi connectivity index (χ4n) is 1.91. The first-order valence-corrected chi connectivity index (χ1v) is 6.18. The molecule has 1 fully saturated rings. The number of hydrazine groups is 1. The van der Waals surface area contributed by atoms with Crippen LogP contribution in [0.15, 0.2) is 12.7 Å². The van der Waals surface area contributed by atoms with Gasteiger partial charge in [-0.1, -0.05) is 25.8 Å². The summed E-state index contributed by atoms with van der Waals surface area (Å²) in [6.45, 7) is 12.8. The molecule has 1 aliphatic rings. The highest BCUT2D eigenvalue weighted by molar-refractivity contribution is 4.73. The van der Waals surface area contributed by atoms with Crippen LogP contribution in [0.1, 0.15) is 26.2 Å². The zero-order valence-electron chi connectivity index (χ0n) is 10.0. The minimum Gasteiger partial charge on any atom is -0.301 e. The van der Waals surface area contributed by atoms with Crippen LogP contribution >= 0.6 is 0 Å². The monoisotopic (exact) mass is 211 g/mol. The maximum atomic E-state index is 3.71. The highest BCUT2D eigenvalue weighted by Gasteiger charge is 2.14. The molecule has 15 heavy (non-hydrogen) atoms. The van der Waals surface area contributed by atoms with Crippen molar-refractivity contribution in [3.05, 3.63) is 12.7 Å². The normalized spacial score (nSPS) is 19.3. The van der Waals surface area contributed by atoms with E-state index in [0.29, 0.717) is 0 Å². The van der Waals surface area contributed by atoms with E-state index in [9.17, 15) is 0 Å². The maximum Gasteiger partial charge on any atom is 0.0280 e. The van der Waals surface area contributed by atoms with Crippen LogP contribution in [0.5, 0.6) is 0 Å². The van der Waals surface area contributed by atoms with Crippen molar-refractivity contribution < 1.29 is 0 Å². The Morgan fingerprint density at radius 2 is 1.93 bits per heavy atom. The smallest absolute Gasteiger partial charge is 0.0280 e. The third kappa shape index (κ3) is 5.30. The van der Waals surface area contributed by atoms with Crippen molar-refractivity contribution in [3.63, 3.8) is 0 Å². The van der Waals surface area contributed by atoms with Crippen LogP contribution in [0.25, 0.3) is 0 Å². The summed E-state index contributed by atoms with van der Waals surface area (Å²) in [4.78, 5) is 2.57. The number of piperazine rings is 1. The Balaban J connectivity index is 2.04. The third-order valence-corrected chi connectivity index (χ3v) is 2.91. The summed E-state index contributed by atoms with van der Waals surface area (Å²) in [6, 6.07) is 0. The summed E-state index contributed by atoms with van der Waals surface area (Å²) < 4.78 is 0. The third-order valence-electron chi connectivity index (χ3n) is 2.91. The summed E-state index contributed by atoms with van der Waals surface area (Å²) in [7, 11) is 0. The molecule has 0 aliphatic carbocycles. The Kier molecular flexibility index (Phi) is 6.64. The van der Waals surface area contributed by atoms with E-state index < -0.39 is 0 Å². The molecule has 0 aromatic rings. The second kappa shape index (κ2) is 7.85. The van der Waals surface area contributed by atoms with Crippen molar-refractivity contribution >= 4 is 0 Å². The molecule has 1 N–H and O–H groups in total. The largest absolute Gasteiger partial charge is 0.301 e. The molecule has 0 bridgehead atoms. The molecule has 0 amide bonds. The highest BCUT2D eigenvalue weighted by Crippen LogP contribution is 2.02. The van der Waals surface area contributed by atoms with Crippen LogP contribution in [-0.4, -0.2) is 49.2 Å². The topological polar surface area (TPSA) is 18.5 Å². The number of nitrogens with zero attached hydrogens (tertiary/aromatic N) is 2. The Morgan fingerprint density at radius 3 is 2.53 bits per heavy atom. The van der Waals surface area contributed by atoms with Gasteiger partial charge in [-0.05, 0) is 13.0 Å². The number of nitrogens with one attached hydrogen (secondary N) is 1. The molecule has 0 saturated carbocycles. The lowest BCUT2D eigenvalue weighted by Gasteiger charge is -2.34. The second-order valence-corrected chi connectivity index (χ2v) is 4.19. The molecule has 0 unspecified atom stereocenters. The lowest BCUT2D eigenvalue weighted by molar-refractivity contribution is 0.0930. The molecule has 0 atom stereocenters. The van der Waals surface area contributed by atoms with Crippen molar-refractivity contribution in [3.8, 4) is 0 Å². The SMILES string of the molecule is C=CCNN1CCN(CCCCC)CC1. The molecule has 3 heteroatoms. The van der Waals surface area contributed by atoms with Gasteiger partial charge in [0.15, 0.2) is 0 Å². The van der Waals surface area contributed by atoms with Crippen molar-refractivity contribution in [2.24, 2.45) is 0 Å². The van der Waals surface area contributed by atoms with Crippen LogP contribution in [0.2, 0.25) is 0 Å². The molecule has 1 rings (SSSR count). The van der Waals surface area contributed by atoms with E-state index in [1.165, 1.54) is 38.9 Å². The zero-order valence-corrected chi connectivity index (χ0v) is 10.0. The summed E-state index contributed by atoms with van der Waals surface area (Å²) in [5.41, 5.74) is 3.35. The first-order valence-electron chi connectivity index (χ1n) is 6.18. The summed E-state index contributed by atoms with van der Waals surface area (Å²) >= 11 is 0. The average Bonchev–Trinajstić information content (AvgIpc) is 2.28. The number of unbranched alkanes of at least 4 members (excludes halogenated alkanes) is 2. The molecule has 0 radical (unpaired) electrons. The van der Waals surface area contributed by atoms with Crippen molar-refractivity contribution in [2.45, 2.75) is 26.2 Å². The quantitative estimate of drug-likeness (QED) is 0.508. The summed E-state index contributed by atoms with van der Waals surface area (Å²) in [6.07, 6.45) is 5.96. The van der Waals surface area contributed by atoms with Crippen LogP contribution < -0.4 is 5.43 Å². The molecule has 1 aliphatic heterocycles. The van der Waals surface area contributed by atoms with E-state index in [-0.39, 0.29) is 0 Å². The molecule has 1 heterocycles. The molecule has 0 spiro atoms. The van der Waals surface area contributed by atoms with Gasteiger partial charge in [-0.25, -0.2) is 5.01 Å². The zero-order chi connectivity index (χ0) is 10.9. The van der Waals surface area contributed by atoms with Crippen LogP contribution in [0.4, 0.5) is 0 Å². The van der Waals surface area contributed by atoms with E-state index in [1.807, 2.05) is 6.08 Å². The van der Waals surface area contributed by atoms with E-state index in [2.05, 4.69) is 28.8 Å². The van der Waals surface area contributed by atoms with Crippen LogP contribution in [0, 0.1) is 0 Å². The molecule has 3 nitrogen and oxygen atoms in total. The standard InChI is InChI=1S/C12H25N3/c1-3-5-6-8-14-9-11-15(12-10-14)13-7-4-2/h4,13H,2-3,5-12H2,1H3. The average molecular weight is 211 g/mol. The molecule has 0 aromatic carbocycles. The Labute approximate surface area is 94.1 Å².